The first-order valence-corrected chi connectivity index (χ1v) is 8.34. The fraction of sp³-hybridized carbons (Fsp3) is 0.611. The number of hydrogen-bond acceptors (Lipinski definition) is 5. The summed E-state index contributed by atoms with van der Waals surface area (Å²) in [5.41, 5.74) is 2.09. The standard InChI is InChI=1S/C18H25N3O2/c1-22-12-10-21-11-13-23-15-18(21)6-8-20(9-7-18)17-4-2-16(14-19)3-5-17/h2-5H,6-13,15H2,1H3. The smallest absolute Gasteiger partial charge is 0.0991 e. The van der Waals surface area contributed by atoms with E-state index in [-0.39, 0.29) is 5.54 Å². The fourth-order valence-electron chi connectivity index (χ4n) is 3.70. The number of benzene rings is 1. The first-order chi connectivity index (χ1) is 11.3. The summed E-state index contributed by atoms with van der Waals surface area (Å²) in [6, 6.07) is 10.1. The molecule has 0 atom stereocenters. The van der Waals surface area contributed by atoms with Gasteiger partial charge in [0.2, 0.25) is 0 Å². The molecule has 124 valence electrons. The van der Waals surface area contributed by atoms with Gasteiger partial charge in [-0.25, -0.2) is 0 Å². The Labute approximate surface area is 138 Å². The average Bonchev–Trinajstić information content (AvgIpc) is 2.62. The third-order valence-electron chi connectivity index (χ3n) is 5.17. The van der Waals surface area contributed by atoms with Gasteiger partial charge in [-0.3, -0.25) is 4.90 Å². The van der Waals surface area contributed by atoms with Gasteiger partial charge in [0.25, 0.3) is 0 Å². The predicted molar refractivity (Wildman–Crippen MR) is 89.6 cm³/mol. The van der Waals surface area contributed by atoms with E-state index in [0.717, 1.165) is 58.8 Å². The Morgan fingerprint density at radius 2 is 1.96 bits per heavy atom. The second-order valence-corrected chi connectivity index (χ2v) is 6.40. The number of nitrogens with zero attached hydrogens (tertiary/aromatic N) is 3. The maximum absolute atomic E-state index is 8.91. The van der Waals surface area contributed by atoms with Crippen LogP contribution in [0.25, 0.3) is 0 Å². The second kappa shape index (κ2) is 7.31. The molecule has 0 N–H and O–H groups in total. The van der Waals surface area contributed by atoms with Gasteiger partial charge in [-0.05, 0) is 37.1 Å². The second-order valence-electron chi connectivity index (χ2n) is 6.40. The largest absolute Gasteiger partial charge is 0.383 e. The minimum atomic E-state index is 0.167. The molecule has 0 aromatic heterocycles. The summed E-state index contributed by atoms with van der Waals surface area (Å²) in [6.45, 7) is 6.47. The lowest BCUT2D eigenvalue weighted by Crippen LogP contribution is -2.62. The van der Waals surface area contributed by atoms with Crippen LogP contribution in [0.4, 0.5) is 5.69 Å². The monoisotopic (exact) mass is 315 g/mol. The van der Waals surface area contributed by atoms with Crippen LogP contribution in [0.15, 0.2) is 24.3 Å². The maximum Gasteiger partial charge on any atom is 0.0991 e. The Balaban J connectivity index is 1.64. The third-order valence-corrected chi connectivity index (χ3v) is 5.17. The average molecular weight is 315 g/mol. The molecule has 2 heterocycles. The Hall–Kier alpha value is -1.61. The third kappa shape index (κ3) is 3.50. The number of anilines is 1. The van der Waals surface area contributed by atoms with E-state index >= 15 is 0 Å². The van der Waals surface area contributed by atoms with Crippen molar-refractivity contribution in [1.29, 1.82) is 5.26 Å². The Morgan fingerprint density at radius 3 is 2.61 bits per heavy atom. The van der Waals surface area contributed by atoms with Crippen molar-refractivity contribution in [3.63, 3.8) is 0 Å². The number of piperidine rings is 1. The van der Waals surface area contributed by atoms with Crippen molar-refractivity contribution >= 4 is 5.69 Å². The highest BCUT2D eigenvalue weighted by molar-refractivity contribution is 5.50. The van der Waals surface area contributed by atoms with Gasteiger partial charge in [0.15, 0.2) is 0 Å². The number of rotatable bonds is 4. The van der Waals surface area contributed by atoms with E-state index in [0.29, 0.717) is 5.56 Å². The molecule has 0 bridgehead atoms. The molecule has 2 aliphatic heterocycles. The lowest BCUT2D eigenvalue weighted by atomic mass is 9.85. The summed E-state index contributed by atoms with van der Waals surface area (Å²) in [5.74, 6) is 0. The molecular formula is C18H25N3O2. The van der Waals surface area contributed by atoms with Gasteiger partial charge in [-0.2, -0.15) is 5.26 Å². The molecule has 0 radical (unpaired) electrons. The predicted octanol–water partition coefficient (Wildman–Crippen LogP) is 1.88. The summed E-state index contributed by atoms with van der Waals surface area (Å²) in [6.07, 6.45) is 2.22. The minimum absolute atomic E-state index is 0.167. The molecule has 2 saturated heterocycles. The quantitative estimate of drug-likeness (QED) is 0.849. The molecule has 0 aliphatic carbocycles. The summed E-state index contributed by atoms with van der Waals surface area (Å²) >= 11 is 0. The van der Waals surface area contributed by atoms with E-state index in [9.17, 15) is 0 Å². The molecule has 1 aromatic carbocycles. The van der Waals surface area contributed by atoms with Crippen LogP contribution in [0.1, 0.15) is 18.4 Å². The summed E-state index contributed by atoms with van der Waals surface area (Å²) < 4.78 is 11.1. The number of ether oxygens (including phenoxy) is 2. The van der Waals surface area contributed by atoms with Crippen LogP contribution in [0.2, 0.25) is 0 Å². The molecule has 0 saturated carbocycles. The lowest BCUT2D eigenvalue weighted by Gasteiger charge is -2.51. The Morgan fingerprint density at radius 1 is 1.22 bits per heavy atom. The van der Waals surface area contributed by atoms with E-state index in [1.807, 2.05) is 12.1 Å². The first kappa shape index (κ1) is 16.3. The Kier molecular flexibility index (Phi) is 5.16. The van der Waals surface area contributed by atoms with Crippen LogP contribution in [-0.4, -0.2) is 63.5 Å². The van der Waals surface area contributed by atoms with E-state index < -0.39 is 0 Å². The number of hydrogen-bond donors (Lipinski definition) is 0. The van der Waals surface area contributed by atoms with Gasteiger partial charge in [0.1, 0.15) is 0 Å². The van der Waals surface area contributed by atoms with Crippen LogP contribution in [0.5, 0.6) is 0 Å². The van der Waals surface area contributed by atoms with Crippen LogP contribution < -0.4 is 4.90 Å². The Bertz CT molecular complexity index is 544. The number of morpholine rings is 1. The normalized spacial score (nSPS) is 21.3. The minimum Gasteiger partial charge on any atom is -0.383 e. The molecule has 2 fully saturated rings. The van der Waals surface area contributed by atoms with E-state index in [4.69, 9.17) is 14.7 Å². The first-order valence-electron chi connectivity index (χ1n) is 8.34. The van der Waals surface area contributed by atoms with Gasteiger partial charge in [-0.15, -0.1) is 0 Å². The highest BCUT2D eigenvalue weighted by atomic mass is 16.5. The molecule has 23 heavy (non-hydrogen) atoms. The molecule has 5 heteroatoms. The fourth-order valence-corrected chi connectivity index (χ4v) is 3.70. The molecule has 3 rings (SSSR count). The van der Waals surface area contributed by atoms with Crippen molar-refractivity contribution in [3.05, 3.63) is 29.8 Å². The zero-order valence-corrected chi connectivity index (χ0v) is 13.8. The highest BCUT2D eigenvalue weighted by Crippen LogP contribution is 2.33. The summed E-state index contributed by atoms with van der Waals surface area (Å²) in [4.78, 5) is 4.98. The van der Waals surface area contributed by atoms with Crippen molar-refractivity contribution < 1.29 is 9.47 Å². The number of methoxy groups -OCH3 is 1. The molecule has 0 unspecified atom stereocenters. The van der Waals surface area contributed by atoms with Gasteiger partial charge in [0.05, 0.1) is 31.5 Å². The van der Waals surface area contributed by atoms with Crippen LogP contribution in [-0.2, 0) is 9.47 Å². The van der Waals surface area contributed by atoms with Gasteiger partial charge in [0, 0.05) is 44.5 Å². The van der Waals surface area contributed by atoms with Crippen LogP contribution in [0, 0.1) is 11.3 Å². The molecule has 0 amide bonds. The topological polar surface area (TPSA) is 48.7 Å². The van der Waals surface area contributed by atoms with Gasteiger partial charge >= 0.3 is 0 Å². The van der Waals surface area contributed by atoms with Crippen molar-refractivity contribution in [3.8, 4) is 6.07 Å². The molecule has 1 aromatic rings. The molecule has 1 spiro atoms. The lowest BCUT2D eigenvalue weighted by molar-refractivity contribution is -0.0857. The zero-order valence-electron chi connectivity index (χ0n) is 13.8. The highest BCUT2D eigenvalue weighted by Gasteiger charge is 2.41. The van der Waals surface area contributed by atoms with Gasteiger partial charge in [-0.1, -0.05) is 0 Å². The SMILES string of the molecule is COCCN1CCOCC12CCN(c1ccc(C#N)cc1)CC2. The maximum atomic E-state index is 8.91. The zero-order chi connectivity index (χ0) is 16.1. The molecular weight excluding hydrogens is 290 g/mol. The van der Waals surface area contributed by atoms with Crippen LogP contribution in [0.3, 0.4) is 0 Å². The molecule has 5 nitrogen and oxygen atoms in total. The van der Waals surface area contributed by atoms with E-state index in [1.54, 1.807) is 7.11 Å². The van der Waals surface area contributed by atoms with Gasteiger partial charge < -0.3 is 14.4 Å². The van der Waals surface area contributed by atoms with E-state index in [2.05, 4.69) is 28.0 Å². The number of nitriles is 1. The van der Waals surface area contributed by atoms with E-state index in [1.165, 1.54) is 5.69 Å². The van der Waals surface area contributed by atoms with Crippen molar-refractivity contribution in [2.75, 3.05) is 58.0 Å². The van der Waals surface area contributed by atoms with Crippen LogP contribution >= 0.6 is 0 Å². The van der Waals surface area contributed by atoms with Crippen molar-refractivity contribution in [2.24, 2.45) is 0 Å². The summed E-state index contributed by atoms with van der Waals surface area (Å²) in [7, 11) is 1.76. The molecule has 2 aliphatic rings. The summed E-state index contributed by atoms with van der Waals surface area (Å²) in [5, 5.41) is 8.91. The van der Waals surface area contributed by atoms with Crippen molar-refractivity contribution in [2.45, 2.75) is 18.4 Å². The van der Waals surface area contributed by atoms with Crippen molar-refractivity contribution in [1.82, 2.24) is 4.90 Å².